The van der Waals surface area contributed by atoms with Crippen LogP contribution in [0.25, 0.3) is 5.82 Å². The number of aromatic nitrogens is 3. The molecule has 0 aliphatic carbocycles. The molecule has 1 aliphatic rings. The van der Waals surface area contributed by atoms with Crippen molar-refractivity contribution >= 4 is 17.5 Å². The van der Waals surface area contributed by atoms with E-state index in [-0.39, 0.29) is 19.9 Å². The molecule has 0 spiro atoms. The maximum absolute atomic E-state index is 12.0. The summed E-state index contributed by atoms with van der Waals surface area (Å²) in [5, 5.41) is 18.9. The molecule has 1 aromatic carbocycles. The Hall–Kier alpha value is -4.12. The molecule has 31 heavy (non-hydrogen) atoms. The highest BCUT2D eigenvalue weighted by molar-refractivity contribution is 6.39. The number of aliphatic hydroxyl groups is 1. The van der Waals surface area contributed by atoms with Crippen LogP contribution in [-0.4, -0.2) is 57.7 Å². The van der Waals surface area contributed by atoms with Crippen molar-refractivity contribution in [3.63, 3.8) is 0 Å². The zero-order chi connectivity index (χ0) is 21.6. The number of anilines is 1. The van der Waals surface area contributed by atoms with Gasteiger partial charge in [0.15, 0.2) is 17.3 Å². The largest absolute Gasteiger partial charge is 0.491 e. The Bertz CT molecular complexity index is 1070. The SMILES string of the molecule is O=C(NCC(O)COc1ccc2c(c1)OCO2)C(=O)Nc1cnn(-c2ccccn2)c1. The topological polar surface area (TPSA) is 137 Å². The van der Waals surface area contributed by atoms with Crippen molar-refractivity contribution in [3.05, 3.63) is 55.0 Å². The van der Waals surface area contributed by atoms with Gasteiger partial charge in [-0.2, -0.15) is 5.10 Å². The van der Waals surface area contributed by atoms with Gasteiger partial charge < -0.3 is 30.0 Å². The number of amides is 2. The Morgan fingerprint density at radius 2 is 2.06 bits per heavy atom. The fourth-order valence-electron chi connectivity index (χ4n) is 2.70. The molecule has 1 aliphatic heterocycles. The van der Waals surface area contributed by atoms with E-state index < -0.39 is 17.9 Å². The van der Waals surface area contributed by atoms with Gasteiger partial charge in [-0.1, -0.05) is 6.07 Å². The first kappa shape index (κ1) is 20.2. The molecular weight excluding hydrogens is 406 g/mol. The lowest BCUT2D eigenvalue weighted by Crippen LogP contribution is -2.41. The second-order valence-electron chi connectivity index (χ2n) is 6.51. The maximum atomic E-state index is 12.0. The predicted octanol–water partition coefficient (Wildman–Crippen LogP) is 0.491. The second-order valence-corrected chi connectivity index (χ2v) is 6.51. The van der Waals surface area contributed by atoms with Crippen LogP contribution in [0.4, 0.5) is 5.69 Å². The highest BCUT2D eigenvalue weighted by Crippen LogP contribution is 2.35. The summed E-state index contributed by atoms with van der Waals surface area (Å²) in [6.45, 7) is -0.0954. The van der Waals surface area contributed by atoms with Gasteiger partial charge in [-0.25, -0.2) is 9.67 Å². The van der Waals surface area contributed by atoms with Crippen molar-refractivity contribution in [1.29, 1.82) is 0 Å². The summed E-state index contributed by atoms with van der Waals surface area (Å²) in [6, 6.07) is 10.3. The summed E-state index contributed by atoms with van der Waals surface area (Å²) in [5.74, 6) is 0.451. The Balaban J connectivity index is 1.21. The van der Waals surface area contributed by atoms with Gasteiger partial charge in [0.25, 0.3) is 0 Å². The van der Waals surface area contributed by atoms with Crippen molar-refractivity contribution in [3.8, 4) is 23.1 Å². The number of carbonyl (C=O) groups is 2. The molecule has 1 unspecified atom stereocenters. The van der Waals surface area contributed by atoms with E-state index >= 15 is 0 Å². The number of ether oxygens (including phenoxy) is 3. The van der Waals surface area contributed by atoms with E-state index in [1.165, 1.54) is 17.1 Å². The molecule has 11 heteroatoms. The summed E-state index contributed by atoms with van der Waals surface area (Å²) < 4.78 is 17.4. The Labute approximate surface area is 176 Å². The van der Waals surface area contributed by atoms with Gasteiger partial charge in [0, 0.05) is 18.8 Å². The molecule has 160 valence electrons. The molecule has 4 rings (SSSR count). The lowest BCUT2D eigenvalue weighted by atomic mass is 10.3. The number of rotatable bonds is 7. The molecule has 1 atom stereocenters. The van der Waals surface area contributed by atoms with Gasteiger partial charge in [-0.15, -0.1) is 0 Å². The van der Waals surface area contributed by atoms with Crippen molar-refractivity contribution in [2.75, 3.05) is 25.3 Å². The van der Waals surface area contributed by atoms with Gasteiger partial charge in [0.05, 0.1) is 18.1 Å². The first-order chi connectivity index (χ1) is 15.1. The quantitative estimate of drug-likeness (QED) is 0.465. The van der Waals surface area contributed by atoms with Crippen LogP contribution in [0, 0.1) is 0 Å². The minimum atomic E-state index is -1.02. The number of carbonyl (C=O) groups excluding carboxylic acids is 2. The number of hydrogen-bond donors (Lipinski definition) is 3. The van der Waals surface area contributed by atoms with E-state index in [2.05, 4.69) is 20.7 Å². The van der Waals surface area contributed by atoms with Crippen LogP contribution in [0.5, 0.6) is 17.2 Å². The molecular formula is C20H19N5O6. The number of aliphatic hydroxyl groups excluding tert-OH is 1. The van der Waals surface area contributed by atoms with Gasteiger partial charge in [0.2, 0.25) is 6.79 Å². The summed E-state index contributed by atoms with van der Waals surface area (Å²) in [6.07, 6.45) is 3.52. The molecule has 2 aromatic heterocycles. The molecule has 0 bridgehead atoms. The smallest absolute Gasteiger partial charge is 0.313 e. The third-order valence-corrected chi connectivity index (χ3v) is 4.22. The monoisotopic (exact) mass is 425 g/mol. The van der Waals surface area contributed by atoms with E-state index in [0.29, 0.717) is 28.8 Å². The molecule has 0 radical (unpaired) electrons. The predicted molar refractivity (Wildman–Crippen MR) is 107 cm³/mol. The van der Waals surface area contributed by atoms with Crippen LogP contribution in [0.2, 0.25) is 0 Å². The van der Waals surface area contributed by atoms with Gasteiger partial charge in [-0.05, 0) is 24.3 Å². The molecule has 3 heterocycles. The van der Waals surface area contributed by atoms with E-state index in [4.69, 9.17) is 14.2 Å². The first-order valence-electron chi connectivity index (χ1n) is 9.34. The van der Waals surface area contributed by atoms with Crippen LogP contribution in [0.3, 0.4) is 0 Å². The summed E-state index contributed by atoms with van der Waals surface area (Å²) >= 11 is 0. The highest BCUT2D eigenvalue weighted by Gasteiger charge is 2.17. The molecule has 3 N–H and O–H groups in total. The van der Waals surface area contributed by atoms with Crippen molar-refractivity contribution < 1.29 is 28.9 Å². The average Bonchev–Trinajstić information content (AvgIpc) is 3.45. The number of nitrogens with one attached hydrogen (secondary N) is 2. The molecule has 11 nitrogen and oxygen atoms in total. The normalized spacial score (nSPS) is 12.8. The van der Waals surface area contributed by atoms with E-state index in [9.17, 15) is 14.7 Å². The third-order valence-electron chi connectivity index (χ3n) is 4.22. The molecule has 3 aromatic rings. The molecule has 0 fully saturated rings. The Morgan fingerprint density at radius 1 is 1.19 bits per heavy atom. The van der Waals surface area contributed by atoms with Crippen molar-refractivity contribution in [2.45, 2.75) is 6.10 Å². The van der Waals surface area contributed by atoms with Crippen LogP contribution >= 0.6 is 0 Å². The van der Waals surface area contributed by atoms with E-state index in [1.807, 2.05) is 0 Å². The summed E-state index contributed by atoms with van der Waals surface area (Å²) in [5.41, 5.74) is 0.331. The number of pyridine rings is 1. The first-order valence-corrected chi connectivity index (χ1v) is 9.34. The third kappa shape index (κ3) is 5.08. The van der Waals surface area contributed by atoms with Gasteiger partial charge >= 0.3 is 11.8 Å². The molecule has 0 saturated carbocycles. The standard InChI is InChI=1S/C20H19N5O6/c26-14(11-29-15-4-5-16-17(7-15)31-12-30-16)9-22-19(27)20(28)24-13-8-23-25(10-13)18-3-1-2-6-21-18/h1-8,10,14,26H,9,11-12H2,(H,22,27)(H,24,28). The summed E-state index contributed by atoms with van der Waals surface area (Å²) in [4.78, 5) is 28.2. The van der Waals surface area contributed by atoms with E-state index in [1.54, 1.807) is 42.6 Å². The minimum Gasteiger partial charge on any atom is -0.491 e. The summed E-state index contributed by atoms with van der Waals surface area (Å²) in [7, 11) is 0. The van der Waals surface area contributed by atoms with Gasteiger partial charge in [0.1, 0.15) is 18.5 Å². The van der Waals surface area contributed by atoms with Crippen molar-refractivity contribution in [2.24, 2.45) is 0 Å². The number of nitrogens with zero attached hydrogens (tertiary/aromatic N) is 3. The minimum absolute atomic E-state index is 0.0849. The van der Waals surface area contributed by atoms with Gasteiger partial charge in [-0.3, -0.25) is 9.59 Å². The maximum Gasteiger partial charge on any atom is 0.313 e. The fraction of sp³-hybridized carbons (Fsp3) is 0.200. The molecule has 2 amide bonds. The zero-order valence-electron chi connectivity index (χ0n) is 16.2. The number of hydrogen-bond acceptors (Lipinski definition) is 8. The fourth-order valence-corrected chi connectivity index (χ4v) is 2.70. The average molecular weight is 425 g/mol. The Morgan fingerprint density at radius 3 is 2.90 bits per heavy atom. The Kier molecular flexibility index (Phi) is 5.94. The lowest BCUT2D eigenvalue weighted by molar-refractivity contribution is -0.136. The van der Waals surface area contributed by atoms with Crippen LogP contribution < -0.4 is 24.8 Å². The number of fused-ring (bicyclic) bond motifs is 1. The number of benzene rings is 1. The van der Waals surface area contributed by atoms with Crippen LogP contribution in [0.1, 0.15) is 0 Å². The van der Waals surface area contributed by atoms with Crippen molar-refractivity contribution in [1.82, 2.24) is 20.1 Å². The van der Waals surface area contributed by atoms with Crippen LogP contribution in [0.15, 0.2) is 55.0 Å². The van der Waals surface area contributed by atoms with Crippen LogP contribution in [-0.2, 0) is 9.59 Å². The molecule has 0 saturated heterocycles. The lowest BCUT2D eigenvalue weighted by Gasteiger charge is -2.13. The second kappa shape index (κ2) is 9.13. The highest BCUT2D eigenvalue weighted by atomic mass is 16.7. The zero-order valence-corrected chi connectivity index (χ0v) is 16.2. The van der Waals surface area contributed by atoms with E-state index in [0.717, 1.165) is 0 Å².